The average molecular weight is 390 g/mol. The first kappa shape index (κ1) is 17.9. The van der Waals surface area contributed by atoms with Crippen LogP contribution in [-0.2, 0) is 4.74 Å². The van der Waals surface area contributed by atoms with Crippen molar-refractivity contribution in [1.29, 1.82) is 0 Å². The number of esters is 1. The van der Waals surface area contributed by atoms with E-state index >= 15 is 0 Å². The molecule has 138 valence electrons. The fourth-order valence-corrected chi connectivity index (χ4v) is 3.17. The van der Waals surface area contributed by atoms with Gasteiger partial charge < -0.3 is 10.1 Å². The van der Waals surface area contributed by atoms with Gasteiger partial charge in [0.15, 0.2) is 0 Å². The normalized spacial score (nSPS) is 10.6. The van der Waals surface area contributed by atoms with Crippen LogP contribution in [0.3, 0.4) is 0 Å². The number of pyridine rings is 2. The molecule has 4 aromatic rings. The molecule has 0 amide bonds. The lowest BCUT2D eigenvalue weighted by Gasteiger charge is -2.11. The topological polar surface area (TPSA) is 64.1 Å². The van der Waals surface area contributed by atoms with E-state index in [1.165, 1.54) is 13.3 Å². The molecule has 0 fully saturated rings. The molecule has 0 bridgehead atoms. The van der Waals surface area contributed by atoms with Crippen LogP contribution in [0.5, 0.6) is 0 Å². The van der Waals surface area contributed by atoms with Crippen molar-refractivity contribution in [2.75, 3.05) is 12.4 Å². The first-order valence-corrected chi connectivity index (χ1v) is 8.97. The van der Waals surface area contributed by atoms with Crippen LogP contribution in [0.2, 0.25) is 5.02 Å². The Labute approximate surface area is 167 Å². The van der Waals surface area contributed by atoms with E-state index in [0.717, 1.165) is 33.4 Å². The largest absolute Gasteiger partial charge is 0.465 e. The highest BCUT2D eigenvalue weighted by Crippen LogP contribution is 2.30. The summed E-state index contributed by atoms with van der Waals surface area (Å²) < 4.78 is 4.78. The third-order valence-corrected chi connectivity index (χ3v) is 4.57. The number of carbonyl (C=O) groups excluding carboxylic acids is 1. The van der Waals surface area contributed by atoms with E-state index in [0.29, 0.717) is 10.6 Å². The van der Waals surface area contributed by atoms with Crippen molar-refractivity contribution in [2.45, 2.75) is 0 Å². The molecule has 1 N–H and O–H groups in total. The van der Waals surface area contributed by atoms with Crippen LogP contribution in [0, 0.1) is 0 Å². The van der Waals surface area contributed by atoms with E-state index in [2.05, 4.69) is 15.3 Å². The van der Waals surface area contributed by atoms with Crippen molar-refractivity contribution >= 4 is 39.8 Å². The number of rotatable bonds is 4. The van der Waals surface area contributed by atoms with Crippen LogP contribution < -0.4 is 5.32 Å². The van der Waals surface area contributed by atoms with E-state index in [4.69, 9.17) is 16.3 Å². The number of hydrogen-bond acceptors (Lipinski definition) is 5. The van der Waals surface area contributed by atoms with E-state index in [9.17, 15) is 4.79 Å². The summed E-state index contributed by atoms with van der Waals surface area (Å²) >= 11 is 6.09. The summed E-state index contributed by atoms with van der Waals surface area (Å²) in [5.41, 5.74) is 4.80. The maximum Gasteiger partial charge on any atom is 0.339 e. The van der Waals surface area contributed by atoms with Crippen LogP contribution in [0.25, 0.3) is 22.0 Å². The highest BCUT2D eigenvalue weighted by atomic mass is 35.5. The highest BCUT2D eigenvalue weighted by Gasteiger charge is 2.10. The Morgan fingerprint density at radius 3 is 2.75 bits per heavy atom. The Morgan fingerprint density at radius 1 is 1.04 bits per heavy atom. The van der Waals surface area contributed by atoms with Crippen LogP contribution in [0.4, 0.5) is 11.4 Å². The minimum atomic E-state index is -0.417. The van der Waals surface area contributed by atoms with Crippen LogP contribution in [0.1, 0.15) is 10.4 Å². The SMILES string of the molecule is COC(=O)c1cncc(-c2ccc3nccc(Nc4cccc(Cl)c4)c3c2)c1. The Bertz CT molecular complexity index is 1180. The monoisotopic (exact) mass is 389 g/mol. The molecule has 0 aliphatic rings. The number of methoxy groups -OCH3 is 1. The third-order valence-electron chi connectivity index (χ3n) is 4.34. The van der Waals surface area contributed by atoms with Crippen molar-refractivity contribution in [3.05, 3.63) is 83.8 Å². The van der Waals surface area contributed by atoms with E-state index in [-0.39, 0.29) is 0 Å². The summed E-state index contributed by atoms with van der Waals surface area (Å²) in [5.74, 6) is -0.417. The Hall–Kier alpha value is -3.44. The second-order valence-electron chi connectivity index (χ2n) is 6.18. The van der Waals surface area contributed by atoms with Gasteiger partial charge in [0.05, 0.1) is 18.2 Å². The molecule has 0 unspecified atom stereocenters. The van der Waals surface area contributed by atoms with Gasteiger partial charge >= 0.3 is 5.97 Å². The fraction of sp³-hybridized carbons (Fsp3) is 0.0455. The fourth-order valence-electron chi connectivity index (χ4n) is 2.98. The lowest BCUT2D eigenvalue weighted by molar-refractivity contribution is 0.0600. The summed E-state index contributed by atoms with van der Waals surface area (Å²) in [5, 5.41) is 5.00. The second kappa shape index (κ2) is 7.66. The Morgan fingerprint density at radius 2 is 1.93 bits per heavy atom. The molecule has 2 heterocycles. The van der Waals surface area contributed by atoms with E-state index in [1.54, 1.807) is 18.5 Å². The molecule has 5 nitrogen and oxygen atoms in total. The van der Waals surface area contributed by atoms with Gasteiger partial charge in [-0.25, -0.2) is 4.79 Å². The summed E-state index contributed by atoms with van der Waals surface area (Å²) in [4.78, 5) is 20.4. The molecule has 0 aliphatic heterocycles. The average Bonchev–Trinajstić information content (AvgIpc) is 2.73. The van der Waals surface area contributed by atoms with Gasteiger partial charge in [0, 0.05) is 45.9 Å². The molecule has 6 heteroatoms. The van der Waals surface area contributed by atoms with Gasteiger partial charge in [-0.1, -0.05) is 23.7 Å². The minimum Gasteiger partial charge on any atom is -0.465 e. The number of nitrogens with zero attached hydrogens (tertiary/aromatic N) is 2. The Kier molecular flexibility index (Phi) is 4.91. The quantitative estimate of drug-likeness (QED) is 0.468. The standard InChI is InChI=1S/C22H16ClN3O2/c1-28-22(27)16-9-15(12-24-13-16)14-5-6-20-19(10-14)21(7-8-25-20)26-18-4-2-3-17(23)11-18/h2-13H,1H3,(H,25,26). The molecule has 0 aliphatic carbocycles. The number of nitrogens with one attached hydrogen (secondary N) is 1. The molecule has 2 aromatic carbocycles. The van der Waals surface area contributed by atoms with Gasteiger partial charge in [-0.2, -0.15) is 0 Å². The lowest BCUT2D eigenvalue weighted by Crippen LogP contribution is -2.01. The number of carbonyl (C=O) groups is 1. The second-order valence-corrected chi connectivity index (χ2v) is 6.62. The van der Waals surface area contributed by atoms with Gasteiger partial charge in [-0.05, 0) is 48.0 Å². The predicted molar refractivity (Wildman–Crippen MR) is 111 cm³/mol. The molecule has 0 saturated heterocycles. The van der Waals surface area contributed by atoms with Crippen molar-refractivity contribution in [2.24, 2.45) is 0 Å². The van der Waals surface area contributed by atoms with Gasteiger partial charge in [0.1, 0.15) is 0 Å². The first-order chi connectivity index (χ1) is 13.6. The van der Waals surface area contributed by atoms with Gasteiger partial charge in [-0.3, -0.25) is 9.97 Å². The van der Waals surface area contributed by atoms with Crippen LogP contribution in [0.15, 0.2) is 73.2 Å². The number of hydrogen-bond donors (Lipinski definition) is 1. The first-order valence-electron chi connectivity index (χ1n) is 8.59. The summed E-state index contributed by atoms with van der Waals surface area (Å²) in [6, 6.07) is 17.1. The van der Waals surface area contributed by atoms with Gasteiger partial charge in [-0.15, -0.1) is 0 Å². The summed E-state index contributed by atoms with van der Waals surface area (Å²) in [7, 11) is 1.35. The number of aromatic nitrogens is 2. The van der Waals surface area contributed by atoms with Crippen molar-refractivity contribution < 1.29 is 9.53 Å². The minimum absolute atomic E-state index is 0.406. The van der Waals surface area contributed by atoms with E-state index in [1.807, 2.05) is 48.5 Å². The van der Waals surface area contributed by atoms with Gasteiger partial charge in [0.2, 0.25) is 0 Å². The van der Waals surface area contributed by atoms with Gasteiger partial charge in [0.25, 0.3) is 0 Å². The zero-order valence-corrected chi connectivity index (χ0v) is 15.8. The number of anilines is 2. The number of fused-ring (bicyclic) bond motifs is 1. The summed E-state index contributed by atoms with van der Waals surface area (Å²) in [6.07, 6.45) is 4.96. The number of benzene rings is 2. The number of halogens is 1. The van der Waals surface area contributed by atoms with E-state index < -0.39 is 5.97 Å². The lowest BCUT2D eigenvalue weighted by atomic mass is 10.0. The molecule has 28 heavy (non-hydrogen) atoms. The summed E-state index contributed by atoms with van der Waals surface area (Å²) in [6.45, 7) is 0. The molecule has 4 rings (SSSR count). The third kappa shape index (κ3) is 3.66. The highest BCUT2D eigenvalue weighted by molar-refractivity contribution is 6.30. The van der Waals surface area contributed by atoms with Crippen molar-refractivity contribution in [3.63, 3.8) is 0 Å². The zero-order valence-electron chi connectivity index (χ0n) is 15.0. The predicted octanol–water partition coefficient (Wildman–Crippen LogP) is 5.48. The molecule has 0 radical (unpaired) electrons. The smallest absolute Gasteiger partial charge is 0.339 e. The van der Waals surface area contributed by atoms with Crippen molar-refractivity contribution in [1.82, 2.24) is 9.97 Å². The molecular weight excluding hydrogens is 374 g/mol. The molecule has 0 saturated carbocycles. The molecule has 2 aromatic heterocycles. The van der Waals surface area contributed by atoms with Crippen LogP contribution >= 0.6 is 11.6 Å². The molecule has 0 spiro atoms. The Balaban J connectivity index is 1.77. The number of ether oxygens (including phenoxy) is 1. The maximum absolute atomic E-state index is 11.8. The molecule has 0 atom stereocenters. The van der Waals surface area contributed by atoms with Crippen LogP contribution in [-0.4, -0.2) is 23.0 Å². The van der Waals surface area contributed by atoms with Crippen molar-refractivity contribution in [3.8, 4) is 11.1 Å². The molecular formula is C22H16ClN3O2. The maximum atomic E-state index is 11.8. The zero-order chi connectivity index (χ0) is 19.5.